The molecule has 0 N–H and O–H groups in total. The number of hydrogen-bond donors (Lipinski definition) is 0. The van der Waals surface area contributed by atoms with Crippen LogP contribution in [0.25, 0.3) is 10.6 Å². The third-order valence-electron chi connectivity index (χ3n) is 3.57. The van der Waals surface area contributed by atoms with Crippen LogP contribution >= 0.6 is 22.9 Å². The van der Waals surface area contributed by atoms with Crippen LogP contribution in [-0.2, 0) is 12.4 Å². The maximum absolute atomic E-state index is 11.9. The zero-order valence-corrected chi connectivity index (χ0v) is 13.3. The molecule has 1 fully saturated rings. The summed E-state index contributed by atoms with van der Waals surface area (Å²) in [6.07, 6.45) is 0. The summed E-state index contributed by atoms with van der Waals surface area (Å²) in [5.74, 6) is 0.444. The molecule has 4 nitrogen and oxygen atoms in total. The molecular formula is C15H16ClN3OS. The van der Waals surface area contributed by atoms with Crippen LogP contribution < -0.4 is 0 Å². The van der Waals surface area contributed by atoms with Crippen molar-refractivity contribution >= 4 is 29.0 Å². The molecule has 0 atom stereocenters. The molecule has 0 spiro atoms. The number of thiazole rings is 1. The molecule has 21 heavy (non-hydrogen) atoms. The average molecular weight is 322 g/mol. The minimum atomic E-state index is 0.103. The van der Waals surface area contributed by atoms with Gasteiger partial charge in [0, 0.05) is 37.6 Å². The largest absolute Gasteiger partial charge is 0.326 e. The van der Waals surface area contributed by atoms with E-state index in [0.717, 1.165) is 34.9 Å². The Bertz CT molecular complexity index is 641. The van der Waals surface area contributed by atoms with Crippen molar-refractivity contribution in [1.29, 1.82) is 0 Å². The Morgan fingerprint density at radius 3 is 2.62 bits per heavy atom. The smallest absolute Gasteiger partial charge is 0.320 e. The van der Waals surface area contributed by atoms with Crippen LogP contribution in [0.4, 0.5) is 4.79 Å². The molecule has 3 rings (SSSR count). The normalized spacial score (nSPS) is 15.0. The van der Waals surface area contributed by atoms with E-state index in [-0.39, 0.29) is 6.03 Å². The Hall–Kier alpha value is -1.59. The summed E-state index contributed by atoms with van der Waals surface area (Å²) in [6.45, 7) is 2.26. The van der Waals surface area contributed by atoms with Gasteiger partial charge in [0.1, 0.15) is 5.01 Å². The fraction of sp³-hybridized carbons (Fsp3) is 0.333. The van der Waals surface area contributed by atoms with Crippen LogP contribution in [0.1, 0.15) is 11.3 Å². The van der Waals surface area contributed by atoms with Gasteiger partial charge in [0.15, 0.2) is 0 Å². The van der Waals surface area contributed by atoms with Crippen molar-refractivity contribution in [3.8, 4) is 10.6 Å². The maximum atomic E-state index is 11.9. The van der Waals surface area contributed by atoms with Gasteiger partial charge in [-0.25, -0.2) is 9.78 Å². The Morgan fingerprint density at radius 1 is 1.29 bits per heavy atom. The first kappa shape index (κ1) is 14.4. The zero-order valence-electron chi connectivity index (χ0n) is 11.8. The number of rotatable bonds is 4. The molecule has 0 unspecified atom stereocenters. The van der Waals surface area contributed by atoms with Gasteiger partial charge in [-0.2, -0.15) is 0 Å². The topological polar surface area (TPSA) is 36.4 Å². The van der Waals surface area contributed by atoms with E-state index in [1.165, 1.54) is 0 Å². The summed E-state index contributed by atoms with van der Waals surface area (Å²) in [5, 5.41) is 2.96. The van der Waals surface area contributed by atoms with Gasteiger partial charge < -0.3 is 9.80 Å². The van der Waals surface area contributed by atoms with E-state index in [1.54, 1.807) is 16.2 Å². The van der Waals surface area contributed by atoms with Crippen LogP contribution in [0.5, 0.6) is 0 Å². The monoisotopic (exact) mass is 321 g/mol. The number of alkyl halides is 1. The van der Waals surface area contributed by atoms with Gasteiger partial charge in [-0.3, -0.25) is 0 Å². The van der Waals surface area contributed by atoms with Crippen LogP contribution in [-0.4, -0.2) is 41.0 Å². The van der Waals surface area contributed by atoms with E-state index in [1.807, 2.05) is 17.3 Å². The van der Waals surface area contributed by atoms with Crippen LogP contribution in [0.2, 0.25) is 0 Å². The second-order valence-corrected chi connectivity index (χ2v) is 6.23. The summed E-state index contributed by atoms with van der Waals surface area (Å²) in [6, 6.07) is 8.32. The minimum Gasteiger partial charge on any atom is -0.326 e. The minimum absolute atomic E-state index is 0.103. The Kier molecular flexibility index (Phi) is 4.12. The van der Waals surface area contributed by atoms with Gasteiger partial charge >= 0.3 is 6.03 Å². The second-order valence-electron chi connectivity index (χ2n) is 5.10. The molecule has 1 aliphatic rings. The van der Waals surface area contributed by atoms with Crippen LogP contribution in [0, 0.1) is 0 Å². The van der Waals surface area contributed by atoms with Crippen molar-refractivity contribution in [3.63, 3.8) is 0 Å². The van der Waals surface area contributed by atoms with Gasteiger partial charge in [-0.15, -0.1) is 22.9 Å². The van der Waals surface area contributed by atoms with E-state index in [2.05, 4.69) is 29.2 Å². The lowest BCUT2D eigenvalue weighted by Crippen LogP contribution is -2.28. The average Bonchev–Trinajstić information content (AvgIpc) is 3.10. The number of carbonyl (C=O) groups excluding carboxylic acids is 1. The molecule has 0 bridgehead atoms. The van der Waals surface area contributed by atoms with Crippen molar-refractivity contribution in [2.24, 2.45) is 0 Å². The van der Waals surface area contributed by atoms with Crippen molar-refractivity contribution in [2.75, 3.05) is 20.1 Å². The molecule has 6 heteroatoms. The van der Waals surface area contributed by atoms with Gasteiger partial charge in [0.05, 0.1) is 11.6 Å². The molecule has 2 heterocycles. The molecule has 0 saturated carbocycles. The number of halogens is 1. The van der Waals surface area contributed by atoms with E-state index >= 15 is 0 Å². The first-order valence-electron chi connectivity index (χ1n) is 6.77. The van der Waals surface area contributed by atoms with E-state index in [4.69, 9.17) is 11.6 Å². The highest BCUT2D eigenvalue weighted by Gasteiger charge is 2.24. The van der Waals surface area contributed by atoms with E-state index < -0.39 is 0 Å². The number of hydrogen-bond acceptors (Lipinski definition) is 3. The predicted molar refractivity (Wildman–Crippen MR) is 85.5 cm³/mol. The van der Waals surface area contributed by atoms with Gasteiger partial charge in [0.25, 0.3) is 0 Å². The molecule has 1 aromatic carbocycles. The highest BCUT2D eigenvalue weighted by Crippen LogP contribution is 2.25. The maximum Gasteiger partial charge on any atom is 0.320 e. The van der Waals surface area contributed by atoms with Gasteiger partial charge in [-0.05, 0) is 5.56 Å². The number of aromatic nitrogens is 1. The zero-order chi connectivity index (χ0) is 14.8. The standard InChI is InChI=1S/C15H16ClN3OS/c1-18-6-7-19(15(18)20)9-11-2-4-12(5-3-11)14-17-13(8-16)10-21-14/h2-5,10H,6-9H2,1H3. The molecule has 0 radical (unpaired) electrons. The lowest BCUT2D eigenvalue weighted by molar-refractivity contribution is 0.197. The lowest BCUT2D eigenvalue weighted by Gasteiger charge is -2.16. The first-order valence-corrected chi connectivity index (χ1v) is 8.18. The van der Waals surface area contributed by atoms with Crippen molar-refractivity contribution in [1.82, 2.24) is 14.8 Å². The molecule has 0 aliphatic carbocycles. The second kappa shape index (κ2) is 6.03. The summed E-state index contributed by atoms with van der Waals surface area (Å²) < 4.78 is 0. The summed E-state index contributed by atoms with van der Waals surface area (Å²) in [7, 11) is 1.84. The number of likely N-dealkylation sites (N-methyl/N-ethyl adjacent to an activating group) is 1. The quantitative estimate of drug-likeness (QED) is 0.809. The molecular weight excluding hydrogens is 306 g/mol. The predicted octanol–water partition coefficient (Wildman–Crippen LogP) is 3.42. The molecule has 110 valence electrons. The third-order valence-corrected chi connectivity index (χ3v) is 4.78. The fourth-order valence-electron chi connectivity index (χ4n) is 2.32. The summed E-state index contributed by atoms with van der Waals surface area (Å²) in [5.41, 5.74) is 3.13. The third kappa shape index (κ3) is 3.04. The lowest BCUT2D eigenvalue weighted by atomic mass is 10.1. The van der Waals surface area contributed by atoms with E-state index in [9.17, 15) is 4.79 Å². The fourth-order valence-corrected chi connectivity index (χ4v) is 3.38. The number of benzene rings is 1. The molecule has 1 aromatic heterocycles. The Balaban J connectivity index is 1.71. The molecule has 2 amide bonds. The summed E-state index contributed by atoms with van der Waals surface area (Å²) in [4.78, 5) is 19.9. The Morgan fingerprint density at radius 2 is 2.05 bits per heavy atom. The van der Waals surface area contributed by atoms with Crippen molar-refractivity contribution in [3.05, 3.63) is 40.9 Å². The molecule has 1 saturated heterocycles. The summed E-state index contributed by atoms with van der Waals surface area (Å²) >= 11 is 7.38. The van der Waals surface area contributed by atoms with Crippen molar-refractivity contribution < 1.29 is 4.79 Å². The van der Waals surface area contributed by atoms with Crippen LogP contribution in [0.15, 0.2) is 29.6 Å². The number of carbonyl (C=O) groups is 1. The van der Waals surface area contributed by atoms with Gasteiger partial charge in [0.2, 0.25) is 0 Å². The number of urea groups is 1. The molecule has 2 aromatic rings. The number of nitrogens with zero attached hydrogens (tertiary/aromatic N) is 3. The highest BCUT2D eigenvalue weighted by molar-refractivity contribution is 7.13. The SMILES string of the molecule is CN1CCN(Cc2ccc(-c3nc(CCl)cs3)cc2)C1=O. The first-order chi connectivity index (χ1) is 10.2. The van der Waals surface area contributed by atoms with Crippen LogP contribution in [0.3, 0.4) is 0 Å². The highest BCUT2D eigenvalue weighted by atomic mass is 35.5. The number of amides is 2. The van der Waals surface area contributed by atoms with Crippen molar-refractivity contribution in [2.45, 2.75) is 12.4 Å². The van der Waals surface area contributed by atoms with E-state index in [0.29, 0.717) is 12.4 Å². The van der Waals surface area contributed by atoms with Gasteiger partial charge in [-0.1, -0.05) is 24.3 Å². The molecule has 1 aliphatic heterocycles. The Labute approximate surface area is 133 Å².